The number of hydrogen-bond acceptors (Lipinski definition) is 6. The summed E-state index contributed by atoms with van der Waals surface area (Å²) >= 11 is 3.01. The van der Waals surface area contributed by atoms with Crippen LogP contribution in [0, 0.1) is 17.2 Å². The van der Waals surface area contributed by atoms with Crippen molar-refractivity contribution in [2.24, 2.45) is 5.92 Å². The van der Waals surface area contributed by atoms with E-state index in [0.717, 1.165) is 27.6 Å². The highest BCUT2D eigenvalue weighted by Crippen LogP contribution is 2.40. The van der Waals surface area contributed by atoms with Crippen LogP contribution >= 0.6 is 22.7 Å². The van der Waals surface area contributed by atoms with Gasteiger partial charge in [0.15, 0.2) is 6.61 Å². The fourth-order valence-electron chi connectivity index (χ4n) is 3.01. The molecular formula is C19H16N2O3S2. The number of esters is 1. The molecule has 132 valence electrons. The average Bonchev–Trinajstić information content (AvgIpc) is 3.33. The summed E-state index contributed by atoms with van der Waals surface area (Å²) < 4.78 is 8.43. The molecule has 0 spiro atoms. The first-order valence-corrected chi connectivity index (χ1v) is 9.94. The van der Waals surface area contributed by atoms with Crippen LogP contribution in [-0.2, 0) is 9.53 Å². The molecule has 0 saturated heterocycles. The third kappa shape index (κ3) is 3.06. The van der Waals surface area contributed by atoms with Gasteiger partial charge in [-0.1, -0.05) is 18.2 Å². The SMILES string of the molecule is C[C@@](C#N)(NC(=O)COC(=O)c1cc2sc3ccccc3c2s1)C1CC1. The molecule has 2 heterocycles. The van der Waals surface area contributed by atoms with Crippen LogP contribution in [0.4, 0.5) is 0 Å². The highest BCUT2D eigenvalue weighted by molar-refractivity contribution is 7.33. The van der Waals surface area contributed by atoms with Gasteiger partial charge in [0.05, 0.1) is 10.8 Å². The van der Waals surface area contributed by atoms with E-state index in [9.17, 15) is 14.9 Å². The van der Waals surface area contributed by atoms with Gasteiger partial charge in [0, 0.05) is 14.8 Å². The van der Waals surface area contributed by atoms with Gasteiger partial charge in [0.1, 0.15) is 10.4 Å². The van der Waals surface area contributed by atoms with Gasteiger partial charge < -0.3 is 10.1 Å². The molecule has 4 rings (SSSR count). The normalized spacial score (nSPS) is 16.2. The fraction of sp³-hybridized carbons (Fsp3) is 0.316. The molecule has 0 unspecified atom stereocenters. The maximum absolute atomic E-state index is 12.3. The summed E-state index contributed by atoms with van der Waals surface area (Å²) in [5, 5.41) is 13.1. The third-order valence-corrected chi connectivity index (χ3v) is 7.01. The van der Waals surface area contributed by atoms with Crippen molar-refractivity contribution in [3.63, 3.8) is 0 Å². The van der Waals surface area contributed by atoms with Crippen LogP contribution in [-0.4, -0.2) is 24.0 Å². The van der Waals surface area contributed by atoms with Gasteiger partial charge in [-0.05, 0) is 37.8 Å². The molecule has 0 bridgehead atoms. The Balaban J connectivity index is 1.42. The van der Waals surface area contributed by atoms with E-state index in [4.69, 9.17) is 4.74 Å². The van der Waals surface area contributed by atoms with E-state index in [1.165, 1.54) is 16.0 Å². The molecule has 1 aromatic carbocycles. The van der Waals surface area contributed by atoms with Gasteiger partial charge in [-0.25, -0.2) is 4.79 Å². The zero-order valence-corrected chi connectivity index (χ0v) is 15.7. The Morgan fingerprint density at radius 3 is 2.81 bits per heavy atom. The second-order valence-corrected chi connectivity index (χ2v) is 8.75. The molecule has 1 amide bonds. The third-order valence-electron chi connectivity index (χ3n) is 4.61. The van der Waals surface area contributed by atoms with Crippen molar-refractivity contribution in [1.29, 1.82) is 5.26 Å². The van der Waals surface area contributed by atoms with Crippen molar-refractivity contribution in [1.82, 2.24) is 5.32 Å². The minimum absolute atomic E-state index is 0.185. The van der Waals surface area contributed by atoms with Gasteiger partial charge in [0.25, 0.3) is 5.91 Å². The van der Waals surface area contributed by atoms with Crippen molar-refractivity contribution in [3.8, 4) is 6.07 Å². The first-order chi connectivity index (χ1) is 12.5. The first-order valence-electron chi connectivity index (χ1n) is 8.30. The molecule has 0 radical (unpaired) electrons. The average molecular weight is 384 g/mol. The summed E-state index contributed by atoms with van der Waals surface area (Å²) in [5.74, 6) is -0.773. The number of hydrogen-bond donors (Lipinski definition) is 1. The van der Waals surface area contributed by atoms with Gasteiger partial charge in [-0.2, -0.15) is 5.26 Å². The highest BCUT2D eigenvalue weighted by Gasteiger charge is 2.43. The van der Waals surface area contributed by atoms with Gasteiger partial charge >= 0.3 is 5.97 Å². The quantitative estimate of drug-likeness (QED) is 0.672. The van der Waals surface area contributed by atoms with Crippen LogP contribution in [0.5, 0.6) is 0 Å². The van der Waals surface area contributed by atoms with E-state index in [1.54, 1.807) is 18.3 Å². The zero-order chi connectivity index (χ0) is 18.3. The number of rotatable bonds is 5. The number of nitriles is 1. The van der Waals surface area contributed by atoms with E-state index in [0.29, 0.717) is 4.88 Å². The standard InChI is InChI=1S/C19H16N2O3S2/c1-19(10-20,11-6-7-11)21-16(22)9-24-18(23)15-8-14-17(26-15)12-4-2-3-5-13(12)25-14/h2-5,8,11H,6-7,9H2,1H3,(H,21,22)/t19-/m0/s1. The fourth-order valence-corrected chi connectivity index (χ4v) is 5.43. The number of fused-ring (bicyclic) bond motifs is 3. The number of carbonyl (C=O) groups is 2. The Morgan fingerprint density at radius 1 is 1.31 bits per heavy atom. The molecule has 5 nitrogen and oxygen atoms in total. The molecule has 2 aromatic heterocycles. The highest BCUT2D eigenvalue weighted by atomic mass is 32.1. The number of amides is 1. The molecule has 1 aliphatic rings. The van der Waals surface area contributed by atoms with E-state index < -0.39 is 17.4 Å². The van der Waals surface area contributed by atoms with Gasteiger partial charge in [-0.3, -0.25) is 4.79 Å². The predicted octanol–water partition coefficient (Wildman–Crippen LogP) is 4.08. The summed E-state index contributed by atoms with van der Waals surface area (Å²) in [6.07, 6.45) is 1.87. The van der Waals surface area contributed by atoms with Gasteiger partial charge in [0.2, 0.25) is 0 Å². The predicted molar refractivity (Wildman–Crippen MR) is 102 cm³/mol. The molecule has 1 aliphatic carbocycles. The minimum Gasteiger partial charge on any atom is -0.451 e. The zero-order valence-electron chi connectivity index (χ0n) is 14.1. The molecule has 1 saturated carbocycles. The Bertz CT molecular complexity index is 1060. The maximum atomic E-state index is 12.3. The summed E-state index contributed by atoms with van der Waals surface area (Å²) in [4.78, 5) is 24.8. The minimum atomic E-state index is -0.881. The lowest BCUT2D eigenvalue weighted by molar-refractivity contribution is -0.125. The molecule has 7 heteroatoms. The molecule has 0 aliphatic heterocycles. The number of carbonyl (C=O) groups excluding carboxylic acids is 2. The van der Waals surface area contributed by atoms with Crippen molar-refractivity contribution >= 4 is 54.0 Å². The van der Waals surface area contributed by atoms with E-state index in [2.05, 4.69) is 17.5 Å². The first kappa shape index (κ1) is 17.0. The van der Waals surface area contributed by atoms with E-state index >= 15 is 0 Å². The Hall–Kier alpha value is -2.43. The molecular weight excluding hydrogens is 368 g/mol. The van der Waals surface area contributed by atoms with Crippen LogP contribution in [0.25, 0.3) is 19.5 Å². The summed E-state index contributed by atoms with van der Waals surface area (Å²) in [5.41, 5.74) is -0.881. The van der Waals surface area contributed by atoms with Crippen molar-refractivity contribution in [2.75, 3.05) is 6.61 Å². The van der Waals surface area contributed by atoms with Crippen LogP contribution < -0.4 is 5.32 Å². The Labute approximate surface area is 158 Å². The van der Waals surface area contributed by atoms with Crippen molar-refractivity contribution in [2.45, 2.75) is 25.3 Å². The Kier molecular flexibility index (Phi) is 4.17. The van der Waals surface area contributed by atoms with Crippen LogP contribution in [0.15, 0.2) is 30.3 Å². The van der Waals surface area contributed by atoms with Crippen LogP contribution in [0.1, 0.15) is 29.4 Å². The lowest BCUT2D eigenvalue weighted by Gasteiger charge is -2.22. The lowest BCUT2D eigenvalue weighted by atomic mass is 9.98. The number of nitrogens with zero attached hydrogens (tertiary/aromatic N) is 1. The summed E-state index contributed by atoms with van der Waals surface area (Å²) in [7, 11) is 0. The van der Waals surface area contributed by atoms with Crippen LogP contribution in [0.2, 0.25) is 0 Å². The summed E-state index contributed by atoms with van der Waals surface area (Å²) in [6.45, 7) is 1.33. The molecule has 26 heavy (non-hydrogen) atoms. The van der Waals surface area contributed by atoms with E-state index in [-0.39, 0.29) is 12.5 Å². The molecule has 1 atom stereocenters. The summed E-state index contributed by atoms with van der Waals surface area (Å²) in [6, 6.07) is 12.0. The van der Waals surface area contributed by atoms with E-state index in [1.807, 2.05) is 24.3 Å². The van der Waals surface area contributed by atoms with Gasteiger partial charge in [-0.15, -0.1) is 22.7 Å². The number of thiophene rings is 2. The molecule has 1 fully saturated rings. The molecule has 3 aromatic rings. The molecule has 1 N–H and O–H groups in total. The smallest absolute Gasteiger partial charge is 0.348 e. The largest absolute Gasteiger partial charge is 0.451 e. The topological polar surface area (TPSA) is 79.2 Å². The number of benzene rings is 1. The monoisotopic (exact) mass is 384 g/mol. The maximum Gasteiger partial charge on any atom is 0.348 e. The second-order valence-electron chi connectivity index (χ2n) is 6.61. The number of nitrogens with one attached hydrogen (secondary N) is 1. The number of ether oxygens (including phenoxy) is 1. The lowest BCUT2D eigenvalue weighted by Crippen LogP contribution is -2.48. The van der Waals surface area contributed by atoms with Crippen molar-refractivity contribution < 1.29 is 14.3 Å². The Morgan fingerprint density at radius 2 is 2.08 bits per heavy atom. The van der Waals surface area contributed by atoms with Crippen molar-refractivity contribution in [3.05, 3.63) is 35.2 Å². The van der Waals surface area contributed by atoms with Crippen LogP contribution in [0.3, 0.4) is 0 Å². The second kappa shape index (κ2) is 6.38.